The van der Waals surface area contributed by atoms with Gasteiger partial charge in [0.05, 0.1) is 11.2 Å². The molecule has 0 fully saturated rings. The summed E-state index contributed by atoms with van der Waals surface area (Å²) in [5, 5.41) is 2.62. The van der Waals surface area contributed by atoms with Crippen molar-refractivity contribution in [3.8, 4) is 0 Å². The number of nitrogens with two attached hydrogens (primary N) is 1. The minimum atomic E-state index is 0.539. The van der Waals surface area contributed by atoms with Gasteiger partial charge in [-0.2, -0.15) is 11.8 Å². The SMILES string of the molecule is CC(CN)SCc1cscn1. The quantitative estimate of drug-likeness (QED) is 0.782. The molecule has 0 amide bonds. The highest BCUT2D eigenvalue weighted by Crippen LogP contribution is 2.16. The molecule has 1 unspecified atom stereocenters. The van der Waals surface area contributed by atoms with Crippen LogP contribution in [0.5, 0.6) is 0 Å². The number of thiazole rings is 1. The molecule has 1 heterocycles. The molecule has 0 saturated heterocycles. The lowest BCUT2D eigenvalue weighted by Crippen LogP contribution is -2.12. The number of hydrogen-bond donors (Lipinski definition) is 1. The van der Waals surface area contributed by atoms with Crippen LogP contribution in [0.1, 0.15) is 12.6 Å². The van der Waals surface area contributed by atoms with Crippen molar-refractivity contribution in [2.45, 2.75) is 17.9 Å². The van der Waals surface area contributed by atoms with Gasteiger partial charge >= 0.3 is 0 Å². The van der Waals surface area contributed by atoms with Crippen molar-refractivity contribution in [3.63, 3.8) is 0 Å². The van der Waals surface area contributed by atoms with Crippen molar-refractivity contribution in [1.29, 1.82) is 0 Å². The summed E-state index contributed by atoms with van der Waals surface area (Å²) in [5.41, 5.74) is 8.50. The second-order valence-electron chi connectivity index (χ2n) is 2.34. The standard InChI is InChI=1S/C7H12N2S2/c1-6(2-8)11-4-7-3-10-5-9-7/h3,5-6H,2,4,8H2,1H3. The molecule has 1 rings (SSSR count). The Morgan fingerprint density at radius 2 is 2.64 bits per heavy atom. The predicted octanol–water partition coefficient (Wildman–Crippen LogP) is 1.72. The summed E-state index contributed by atoms with van der Waals surface area (Å²) in [6, 6.07) is 0. The zero-order chi connectivity index (χ0) is 8.10. The predicted molar refractivity (Wildman–Crippen MR) is 51.9 cm³/mol. The van der Waals surface area contributed by atoms with E-state index in [-0.39, 0.29) is 0 Å². The Bertz CT molecular complexity index is 186. The van der Waals surface area contributed by atoms with E-state index < -0.39 is 0 Å². The van der Waals surface area contributed by atoms with E-state index >= 15 is 0 Å². The highest BCUT2D eigenvalue weighted by Gasteiger charge is 2.00. The van der Waals surface area contributed by atoms with Gasteiger partial charge in [-0.15, -0.1) is 11.3 Å². The summed E-state index contributed by atoms with van der Waals surface area (Å²) in [4.78, 5) is 4.18. The Labute approximate surface area is 75.2 Å². The first-order chi connectivity index (χ1) is 5.33. The highest BCUT2D eigenvalue weighted by atomic mass is 32.2. The van der Waals surface area contributed by atoms with Crippen LogP contribution in [0, 0.1) is 0 Å². The summed E-state index contributed by atoms with van der Waals surface area (Å²) in [5.74, 6) is 0.988. The minimum absolute atomic E-state index is 0.539. The largest absolute Gasteiger partial charge is 0.329 e. The van der Waals surface area contributed by atoms with Crippen molar-refractivity contribution >= 4 is 23.1 Å². The first-order valence-corrected chi connectivity index (χ1v) is 5.51. The van der Waals surface area contributed by atoms with Gasteiger partial charge in [-0.3, -0.25) is 0 Å². The minimum Gasteiger partial charge on any atom is -0.329 e. The maximum atomic E-state index is 5.47. The lowest BCUT2D eigenvalue weighted by atomic mass is 10.5. The van der Waals surface area contributed by atoms with Gasteiger partial charge in [-0.25, -0.2) is 4.98 Å². The van der Waals surface area contributed by atoms with Gasteiger partial charge in [0.1, 0.15) is 0 Å². The Balaban J connectivity index is 2.23. The molecule has 0 aromatic carbocycles. The Morgan fingerprint density at radius 1 is 1.82 bits per heavy atom. The van der Waals surface area contributed by atoms with Crippen LogP contribution in [-0.4, -0.2) is 16.8 Å². The maximum absolute atomic E-state index is 5.47. The van der Waals surface area contributed by atoms with Crippen molar-refractivity contribution in [2.24, 2.45) is 5.73 Å². The third-order valence-electron chi connectivity index (χ3n) is 1.33. The molecular formula is C7H12N2S2. The molecule has 0 aliphatic rings. The van der Waals surface area contributed by atoms with Gasteiger partial charge in [0.15, 0.2) is 0 Å². The smallest absolute Gasteiger partial charge is 0.0795 e. The van der Waals surface area contributed by atoms with Crippen LogP contribution in [0.3, 0.4) is 0 Å². The van der Waals surface area contributed by atoms with Gasteiger partial charge in [-0.05, 0) is 0 Å². The van der Waals surface area contributed by atoms with Gasteiger partial charge in [-0.1, -0.05) is 6.92 Å². The van der Waals surface area contributed by atoms with E-state index in [9.17, 15) is 0 Å². The number of hydrogen-bond acceptors (Lipinski definition) is 4. The molecule has 62 valence electrons. The first-order valence-electron chi connectivity index (χ1n) is 3.51. The Kier molecular flexibility index (Phi) is 3.90. The molecule has 0 aliphatic carbocycles. The van der Waals surface area contributed by atoms with Crippen molar-refractivity contribution < 1.29 is 0 Å². The van der Waals surface area contributed by atoms with Gasteiger partial charge in [0, 0.05) is 22.9 Å². The second-order valence-corrected chi connectivity index (χ2v) is 4.48. The Hall–Kier alpha value is -0.0600. The molecule has 4 heteroatoms. The lowest BCUT2D eigenvalue weighted by molar-refractivity contribution is 0.949. The zero-order valence-corrected chi connectivity index (χ0v) is 8.12. The highest BCUT2D eigenvalue weighted by molar-refractivity contribution is 7.99. The molecule has 1 aromatic heterocycles. The molecule has 0 bridgehead atoms. The molecule has 2 nitrogen and oxygen atoms in total. The summed E-state index contributed by atoms with van der Waals surface area (Å²) in [7, 11) is 0. The summed E-state index contributed by atoms with van der Waals surface area (Å²) in [6.07, 6.45) is 0. The zero-order valence-electron chi connectivity index (χ0n) is 6.49. The molecule has 1 atom stereocenters. The van der Waals surface area contributed by atoms with Crippen LogP contribution in [-0.2, 0) is 5.75 Å². The number of aromatic nitrogens is 1. The van der Waals surface area contributed by atoms with Gasteiger partial charge in [0.2, 0.25) is 0 Å². The Morgan fingerprint density at radius 3 is 3.18 bits per heavy atom. The molecular weight excluding hydrogens is 176 g/mol. The van der Waals surface area contributed by atoms with Crippen LogP contribution in [0.4, 0.5) is 0 Å². The molecule has 0 spiro atoms. The van der Waals surface area contributed by atoms with Crippen molar-refractivity contribution in [3.05, 3.63) is 16.6 Å². The maximum Gasteiger partial charge on any atom is 0.0795 e. The molecule has 1 aromatic rings. The third-order valence-corrected chi connectivity index (χ3v) is 3.19. The van der Waals surface area contributed by atoms with E-state index in [2.05, 4.69) is 17.3 Å². The van der Waals surface area contributed by atoms with Gasteiger partial charge in [0.25, 0.3) is 0 Å². The number of nitrogens with zero attached hydrogens (tertiary/aromatic N) is 1. The molecule has 0 aliphatic heterocycles. The molecule has 11 heavy (non-hydrogen) atoms. The third kappa shape index (κ3) is 3.22. The van der Waals surface area contributed by atoms with Crippen LogP contribution in [0.2, 0.25) is 0 Å². The van der Waals surface area contributed by atoms with E-state index in [1.54, 1.807) is 11.3 Å². The summed E-state index contributed by atoms with van der Waals surface area (Å²) >= 11 is 3.50. The number of rotatable bonds is 4. The summed E-state index contributed by atoms with van der Waals surface area (Å²) < 4.78 is 0. The van der Waals surface area contributed by atoms with E-state index in [4.69, 9.17) is 5.73 Å². The second kappa shape index (κ2) is 4.74. The summed E-state index contributed by atoms with van der Waals surface area (Å²) in [6.45, 7) is 2.88. The molecule has 0 saturated carbocycles. The monoisotopic (exact) mass is 188 g/mol. The molecule has 0 radical (unpaired) electrons. The van der Waals surface area contributed by atoms with E-state index in [0.717, 1.165) is 12.3 Å². The van der Waals surface area contributed by atoms with Crippen LogP contribution in [0.25, 0.3) is 0 Å². The fraction of sp³-hybridized carbons (Fsp3) is 0.571. The average Bonchev–Trinajstić information content (AvgIpc) is 2.52. The fourth-order valence-corrected chi connectivity index (χ4v) is 2.02. The fourth-order valence-electron chi connectivity index (χ4n) is 0.604. The van der Waals surface area contributed by atoms with Crippen molar-refractivity contribution in [1.82, 2.24) is 4.98 Å². The van der Waals surface area contributed by atoms with Crippen molar-refractivity contribution in [2.75, 3.05) is 6.54 Å². The van der Waals surface area contributed by atoms with Gasteiger partial charge < -0.3 is 5.73 Å². The van der Waals surface area contributed by atoms with Crippen LogP contribution in [0.15, 0.2) is 10.9 Å². The van der Waals surface area contributed by atoms with E-state index in [0.29, 0.717) is 5.25 Å². The van der Waals surface area contributed by atoms with E-state index in [1.165, 1.54) is 5.69 Å². The van der Waals surface area contributed by atoms with Crippen LogP contribution >= 0.6 is 23.1 Å². The topological polar surface area (TPSA) is 38.9 Å². The lowest BCUT2D eigenvalue weighted by Gasteiger charge is -2.05. The van der Waals surface area contributed by atoms with E-state index in [1.807, 2.05) is 17.3 Å². The first kappa shape index (κ1) is 9.03. The average molecular weight is 188 g/mol. The van der Waals surface area contributed by atoms with Crippen LogP contribution < -0.4 is 5.73 Å². The molecule has 2 N–H and O–H groups in total. The number of thioether (sulfide) groups is 1. The normalized spacial score (nSPS) is 13.3.